The van der Waals surface area contributed by atoms with E-state index >= 15 is 0 Å². The standard InChI is InChI=1S/C17H15ClN4O4/c1-17(2,3)13-7-11(22-26-13)15(23)12(8-19)21-20-10-6-4-5-9(18)14(10)16(24)25/h4-7,20H,1-3H3,(H,24,25). The Hall–Kier alpha value is -3.18. The third-order valence-corrected chi connectivity index (χ3v) is 3.63. The van der Waals surface area contributed by atoms with Crippen LogP contribution in [0.15, 0.2) is 33.9 Å². The molecule has 0 spiro atoms. The predicted octanol–water partition coefficient (Wildman–Crippen LogP) is 3.50. The number of rotatable bonds is 5. The molecule has 1 heterocycles. The molecule has 0 atom stereocenters. The van der Waals surface area contributed by atoms with Gasteiger partial charge in [-0.2, -0.15) is 10.4 Å². The highest BCUT2D eigenvalue weighted by Crippen LogP contribution is 2.25. The van der Waals surface area contributed by atoms with Crippen LogP contribution in [0.1, 0.15) is 47.4 Å². The summed E-state index contributed by atoms with van der Waals surface area (Å²) in [5.74, 6) is -1.54. The number of benzene rings is 1. The van der Waals surface area contributed by atoms with Crippen LogP contribution in [0.4, 0.5) is 5.69 Å². The van der Waals surface area contributed by atoms with Gasteiger partial charge in [-0.3, -0.25) is 10.2 Å². The summed E-state index contributed by atoms with van der Waals surface area (Å²) in [6, 6.07) is 7.42. The summed E-state index contributed by atoms with van der Waals surface area (Å²) in [5.41, 5.74) is 1.29. The van der Waals surface area contributed by atoms with Crippen LogP contribution in [-0.2, 0) is 5.41 Å². The Bertz CT molecular complexity index is 935. The van der Waals surface area contributed by atoms with Crippen molar-refractivity contribution in [3.05, 3.63) is 46.3 Å². The molecular formula is C17H15ClN4O4. The summed E-state index contributed by atoms with van der Waals surface area (Å²) in [5, 5.41) is 25.8. The number of halogens is 1. The second-order valence-electron chi connectivity index (χ2n) is 6.31. The van der Waals surface area contributed by atoms with Gasteiger partial charge in [-0.25, -0.2) is 4.79 Å². The lowest BCUT2D eigenvalue weighted by Crippen LogP contribution is -2.15. The van der Waals surface area contributed by atoms with Crippen LogP contribution in [0.5, 0.6) is 0 Å². The van der Waals surface area contributed by atoms with Crippen LogP contribution in [0.2, 0.25) is 5.02 Å². The number of carbonyl (C=O) groups excluding carboxylic acids is 1. The fourth-order valence-electron chi connectivity index (χ4n) is 1.93. The van der Waals surface area contributed by atoms with E-state index in [0.717, 1.165) is 0 Å². The number of hydrogen-bond donors (Lipinski definition) is 2. The van der Waals surface area contributed by atoms with E-state index in [2.05, 4.69) is 15.7 Å². The van der Waals surface area contributed by atoms with E-state index in [9.17, 15) is 20.0 Å². The number of anilines is 1. The van der Waals surface area contributed by atoms with Crippen molar-refractivity contribution in [3.8, 4) is 6.07 Å². The monoisotopic (exact) mass is 374 g/mol. The molecular weight excluding hydrogens is 360 g/mol. The number of hydrogen-bond acceptors (Lipinski definition) is 7. The SMILES string of the molecule is CC(C)(C)c1cc(C(=O)C(C#N)=NNc2cccc(Cl)c2C(=O)O)no1. The topological polar surface area (TPSA) is 129 Å². The van der Waals surface area contributed by atoms with E-state index in [1.807, 2.05) is 20.8 Å². The number of carboxylic acids is 1. The number of nitrogens with zero attached hydrogens (tertiary/aromatic N) is 3. The largest absolute Gasteiger partial charge is 0.478 e. The van der Waals surface area contributed by atoms with Gasteiger partial charge in [0.15, 0.2) is 5.69 Å². The molecule has 0 aliphatic carbocycles. The molecule has 1 aromatic carbocycles. The van der Waals surface area contributed by atoms with Gasteiger partial charge in [-0.15, -0.1) is 0 Å². The first-order chi connectivity index (χ1) is 12.1. The van der Waals surface area contributed by atoms with Crippen molar-refractivity contribution >= 4 is 34.8 Å². The summed E-state index contributed by atoms with van der Waals surface area (Å²) in [6.45, 7) is 5.65. The zero-order valence-electron chi connectivity index (χ0n) is 14.2. The van der Waals surface area contributed by atoms with Gasteiger partial charge < -0.3 is 9.63 Å². The Labute approximate surface area is 154 Å². The first kappa shape index (κ1) is 19.1. The molecule has 26 heavy (non-hydrogen) atoms. The Kier molecular flexibility index (Phi) is 5.43. The summed E-state index contributed by atoms with van der Waals surface area (Å²) in [4.78, 5) is 23.6. The molecule has 0 unspecified atom stereocenters. The number of aromatic nitrogens is 1. The summed E-state index contributed by atoms with van der Waals surface area (Å²) in [7, 11) is 0. The van der Waals surface area contributed by atoms with Crippen molar-refractivity contribution in [1.82, 2.24) is 5.16 Å². The highest BCUT2D eigenvalue weighted by atomic mass is 35.5. The lowest BCUT2D eigenvalue weighted by molar-refractivity contribution is 0.0698. The van der Waals surface area contributed by atoms with Crippen LogP contribution < -0.4 is 5.43 Å². The van der Waals surface area contributed by atoms with Crippen molar-refractivity contribution in [2.24, 2.45) is 5.10 Å². The van der Waals surface area contributed by atoms with Gasteiger partial charge in [-0.05, 0) is 12.1 Å². The number of ketones is 1. The van der Waals surface area contributed by atoms with E-state index in [1.165, 1.54) is 24.3 Å². The van der Waals surface area contributed by atoms with E-state index in [4.69, 9.17) is 16.1 Å². The molecule has 0 fully saturated rings. The number of hydrazone groups is 1. The van der Waals surface area contributed by atoms with Crippen LogP contribution in [0, 0.1) is 11.3 Å². The molecule has 134 valence electrons. The molecule has 0 saturated carbocycles. The number of aromatic carboxylic acids is 1. The van der Waals surface area contributed by atoms with Gasteiger partial charge in [0.25, 0.3) is 0 Å². The lowest BCUT2D eigenvalue weighted by Gasteiger charge is -2.12. The zero-order chi connectivity index (χ0) is 19.5. The van der Waals surface area contributed by atoms with Gasteiger partial charge in [0.05, 0.1) is 10.7 Å². The Morgan fingerprint density at radius 3 is 2.62 bits per heavy atom. The molecule has 2 aromatic rings. The second kappa shape index (κ2) is 7.37. The third-order valence-electron chi connectivity index (χ3n) is 3.32. The molecule has 2 rings (SSSR count). The molecule has 0 saturated heterocycles. The van der Waals surface area contributed by atoms with Crippen molar-refractivity contribution in [3.63, 3.8) is 0 Å². The predicted molar refractivity (Wildman–Crippen MR) is 94.6 cm³/mol. The van der Waals surface area contributed by atoms with Gasteiger partial charge in [0.1, 0.15) is 17.4 Å². The maximum absolute atomic E-state index is 12.4. The molecule has 0 radical (unpaired) electrons. The average Bonchev–Trinajstić information content (AvgIpc) is 3.05. The van der Waals surface area contributed by atoms with E-state index in [0.29, 0.717) is 5.76 Å². The molecule has 2 N–H and O–H groups in total. The highest BCUT2D eigenvalue weighted by molar-refractivity contribution is 6.51. The number of carboxylic acid groups (broad SMARTS) is 1. The van der Waals surface area contributed by atoms with Gasteiger partial charge in [0, 0.05) is 11.5 Å². The van der Waals surface area contributed by atoms with Crippen molar-refractivity contribution in [1.29, 1.82) is 5.26 Å². The van der Waals surface area contributed by atoms with E-state index in [-0.39, 0.29) is 27.4 Å². The third kappa shape index (κ3) is 4.07. The van der Waals surface area contributed by atoms with Crippen LogP contribution >= 0.6 is 11.6 Å². The number of nitriles is 1. The van der Waals surface area contributed by atoms with Gasteiger partial charge >= 0.3 is 5.97 Å². The Balaban J connectivity index is 2.31. The summed E-state index contributed by atoms with van der Waals surface area (Å²) >= 11 is 5.85. The minimum absolute atomic E-state index is 0.00569. The zero-order valence-corrected chi connectivity index (χ0v) is 15.0. The fraction of sp³-hybridized carbons (Fsp3) is 0.235. The molecule has 9 heteroatoms. The Morgan fingerprint density at radius 2 is 2.08 bits per heavy atom. The normalized spacial score (nSPS) is 11.7. The summed E-state index contributed by atoms with van der Waals surface area (Å²) < 4.78 is 5.12. The van der Waals surface area contributed by atoms with Gasteiger partial charge in [0.2, 0.25) is 11.5 Å². The van der Waals surface area contributed by atoms with E-state index in [1.54, 1.807) is 6.07 Å². The van der Waals surface area contributed by atoms with E-state index < -0.39 is 17.5 Å². The van der Waals surface area contributed by atoms with Crippen LogP contribution in [0.25, 0.3) is 0 Å². The first-order valence-electron chi connectivity index (χ1n) is 7.42. The maximum Gasteiger partial charge on any atom is 0.339 e. The molecule has 0 aliphatic heterocycles. The molecule has 8 nitrogen and oxygen atoms in total. The lowest BCUT2D eigenvalue weighted by atomic mass is 9.93. The molecule has 0 amide bonds. The maximum atomic E-state index is 12.4. The Morgan fingerprint density at radius 1 is 1.38 bits per heavy atom. The van der Waals surface area contributed by atoms with Crippen molar-refractivity contribution < 1.29 is 19.2 Å². The second-order valence-corrected chi connectivity index (χ2v) is 6.71. The highest BCUT2D eigenvalue weighted by Gasteiger charge is 2.25. The first-order valence-corrected chi connectivity index (χ1v) is 7.80. The smallest absolute Gasteiger partial charge is 0.339 e. The average molecular weight is 375 g/mol. The van der Waals surface area contributed by atoms with Crippen molar-refractivity contribution in [2.75, 3.05) is 5.43 Å². The fourth-order valence-corrected chi connectivity index (χ4v) is 2.19. The molecule has 0 aliphatic rings. The number of nitrogens with one attached hydrogen (secondary N) is 1. The number of Topliss-reactive ketones (excluding diaryl/α,β-unsaturated/α-hetero) is 1. The van der Waals surface area contributed by atoms with Crippen LogP contribution in [0.3, 0.4) is 0 Å². The van der Waals surface area contributed by atoms with Crippen molar-refractivity contribution in [2.45, 2.75) is 26.2 Å². The summed E-state index contributed by atoms with van der Waals surface area (Å²) in [6.07, 6.45) is 0. The van der Waals surface area contributed by atoms with Gasteiger partial charge in [-0.1, -0.05) is 43.6 Å². The quantitative estimate of drug-likeness (QED) is 0.465. The van der Waals surface area contributed by atoms with Crippen LogP contribution in [-0.4, -0.2) is 27.7 Å². The minimum Gasteiger partial charge on any atom is -0.478 e. The minimum atomic E-state index is -1.27. The molecule has 1 aromatic heterocycles. The molecule has 0 bridgehead atoms. The number of carbonyl (C=O) groups is 2.